The summed E-state index contributed by atoms with van der Waals surface area (Å²) in [6.45, 7) is 2.56. The van der Waals surface area contributed by atoms with Crippen LogP contribution in [0.4, 0.5) is 4.39 Å². The molecule has 3 rings (SSSR count). The Hall–Kier alpha value is -2.11. The van der Waals surface area contributed by atoms with Gasteiger partial charge in [-0.25, -0.2) is 4.39 Å². The summed E-state index contributed by atoms with van der Waals surface area (Å²) in [4.78, 5) is 28.2. The molecule has 2 amide bonds. The summed E-state index contributed by atoms with van der Waals surface area (Å²) in [6.07, 6.45) is 3.36. The zero-order valence-corrected chi connectivity index (χ0v) is 13.0. The highest BCUT2D eigenvalue weighted by atomic mass is 19.1. The molecular formula is C17H21FN2O3. The van der Waals surface area contributed by atoms with Crippen molar-refractivity contribution in [2.75, 3.05) is 26.2 Å². The predicted molar refractivity (Wildman–Crippen MR) is 82.5 cm³/mol. The van der Waals surface area contributed by atoms with Crippen LogP contribution in [-0.2, 0) is 4.79 Å². The van der Waals surface area contributed by atoms with E-state index in [1.54, 1.807) is 4.90 Å². The number of halogens is 1. The third kappa shape index (κ3) is 3.30. The van der Waals surface area contributed by atoms with Gasteiger partial charge in [0.2, 0.25) is 5.91 Å². The summed E-state index contributed by atoms with van der Waals surface area (Å²) in [5, 5.41) is 9.43. The van der Waals surface area contributed by atoms with Crippen molar-refractivity contribution < 1.29 is 19.1 Å². The lowest BCUT2D eigenvalue weighted by molar-refractivity contribution is -0.135. The van der Waals surface area contributed by atoms with Crippen molar-refractivity contribution in [3.8, 4) is 5.75 Å². The molecule has 0 spiro atoms. The van der Waals surface area contributed by atoms with Crippen LogP contribution in [0.2, 0.25) is 0 Å². The number of carbonyl (C=O) groups is 2. The first kappa shape index (κ1) is 15.8. The van der Waals surface area contributed by atoms with Crippen LogP contribution in [0.25, 0.3) is 0 Å². The summed E-state index contributed by atoms with van der Waals surface area (Å²) in [5.41, 5.74) is -0.116. The highest BCUT2D eigenvalue weighted by Crippen LogP contribution is 2.24. The molecule has 0 aromatic heterocycles. The maximum Gasteiger partial charge on any atom is 0.256 e. The Morgan fingerprint density at radius 2 is 1.70 bits per heavy atom. The van der Waals surface area contributed by atoms with Crippen molar-refractivity contribution in [3.63, 3.8) is 0 Å². The Morgan fingerprint density at radius 3 is 2.35 bits per heavy atom. The molecule has 2 saturated heterocycles. The molecule has 1 aromatic carbocycles. The fraction of sp³-hybridized carbons (Fsp3) is 0.529. The van der Waals surface area contributed by atoms with Gasteiger partial charge in [0.05, 0.1) is 5.56 Å². The second-order valence-corrected chi connectivity index (χ2v) is 6.26. The Morgan fingerprint density at radius 1 is 1.04 bits per heavy atom. The molecule has 0 radical (unpaired) electrons. The van der Waals surface area contributed by atoms with Gasteiger partial charge in [0.25, 0.3) is 5.91 Å². The van der Waals surface area contributed by atoms with E-state index in [0.29, 0.717) is 25.9 Å². The molecule has 0 bridgehead atoms. The monoisotopic (exact) mass is 320 g/mol. The number of phenols is 1. The zero-order valence-electron chi connectivity index (χ0n) is 13.0. The maximum absolute atomic E-state index is 13.8. The molecule has 23 heavy (non-hydrogen) atoms. The fourth-order valence-electron chi connectivity index (χ4n) is 3.37. The lowest BCUT2D eigenvalue weighted by Gasteiger charge is -2.33. The molecular weight excluding hydrogens is 299 g/mol. The van der Waals surface area contributed by atoms with Crippen molar-refractivity contribution in [1.29, 1.82) is 0 Å². The molecule has 2 aliphatic rings. The summed E-state index contributed by atoms with van der Waals surface area (Å²) in [6, 6.07) is 3.46. The van der Waals surface area contributed by atoms with Gasteiger partial charge in [-0.05, 0) is 43.9 Å². The summed E-state index contributed by atoms with van der Waals surface area (Å²) >= 11 is 0. The SMILES string of the molecule is O=C(c1cc(O)ccc1F)N1CCC(C(=O)N2CCCC2)CC1. The molecule has 0 aliphatic carbocycles. The van der Waals surface area contributed by atoms with Gasteiger partial charge in [-0.3, -0.25) is 9.59 Å². The first-order chi connectivity index (χ1) is 11.1. The van der Waals surface area contributed by atoms with Gasteiger partial charge in [0, 0.05) is 32.1 Å². The van der Waals surface area contributed by atoms with E-state index >= 15 is 0 Å². The lowest BCUT2D eigenvalue weighted by Crippen LogP contribution is -2.44. The van der Waals surface area contributed by atoms with E-state index in [4.69, 9.17) is 0 Å². The van der Waals surface area contributed by atoms with Crippen LogP contribution >= 0.6 is 0 Å². The summed E-state index contributed by atoms with van der Waals surface area (Å²) in [5.74, 6) is -1.04. The minimum Gasteiger partial charge on any atom is -0.508 e. The van der Waals surface area contributed by atoms with E-state index in [1.807, 2.05) is 4.90 Å². The molecule has 6 heteroatoms. The number of phenolic OH excluding ortho intramolecular Hbond substituents is 1. The standard InChI is InChI=1S/C17H21FN2O3/c18-15-4-3-13(21)11-14(15)17(23)20-9-5-12(6-10-20)16(22)19-7-1-2-8-19/h3-4,11-12,21H,1-2,5-10H2. The van der Waals surface area contributed by atoms with Crippen molar-refractivity contribution in [2.24, 2.45) is 5.92 Å². The van der Waals surface area contributed by atoms with Crippen LogP contribution in [0, 0.1) is 11.7 Å². The van der Waals surface area contributed by atoms with E-state index in [2.05, 4.69) is 0 Å². The number of nitrogens with zero attached hydrogens (tertiary/aromatic N) is 2. The number of carbonyl (C=O) groups excluding carboxylic acids is 2. The van der Waals surface area contributed by atoms with Gasteiger partial charge in [0.1, 0.15) is 11.6 Å². The summed E-state index contributed by atoms with van der Waals surface area (Å²) < 4.78 is 13.8. The van der Waals surface area contributed by atoms with Crippen LogP contribution < -0.4 is 0 Å². The number of piperidine rings is 1. The molecule has 0 atom stereocenters. The molecule has 0 unspecified atom stereocenters. The van der Waals surface area contributed by atoms with Crippen LogP contribution in [0.3, 0.4) is 0 Å². The number of hydrogen-bond donors (Lipinski definition) is 1. The van der Waals surface area contributed by atoms with Crippen LogP contribution in [-0.4, -0.2) is 52.9 Å². The Kier molecular flexibility index (Phi) is 4.50. The van der Waals surface area contributed by atoms with Gasteiger partial charge in [-0.15, -0.1) is 0 Å². The molecule has 0 saturated carbocycles. The molecule has 1 N–H and O–H groups in total. The van der Waals surface area contributed by atoms with Gasteiger partial charge in [-0.1, -0.05) is 0 Å². The number of amides is 2. The Bertz CT molecular complexity index is 606. The highest BCUT2D eigenvalue weighted by molar-refractivity contribution is 5.95. The smallest absolute Gasteiger partial charge is 0.256 e. The average Bonchev–Trinajstić information content (AvgIpc) is 3.10. The molecule has 2 aliphatic heterocycles. The molecule has 2 fully saturated rings. The Balaban J connectivity index is 1.61. The quantitative estimate of drug-likeness (QED) is 0.907. The largest absolute Gasteiger partial charge is 0.508 e. The summed E-state index contributed by atoms with van der Waals surface area (Å²) in [7, 11) is 0. The second kappa shape index (κ2) is 6.56. The maximum atomic E-state index is 13.8. The van der Waals surface area contributed by atoms with Crippen molar-refractivity contribution in [2.45, 2.75) is 25.7 Å². The first-order valence-electron chi connectivity index (χ1n) is 8.13. The fourth-order valence-corrected chi connectivity index (χ4v) is 3.37. The zero-order chi connectivity index (χ0) is 16.4. The van der Waals surface area contributed by atoms with Crippen molar-refractivity contribution in [1.82, 2.24) is 9.80 Å². The molecule has 124 valence electrons. The number of likely N-dealkylation sites (tertiary alicyclic amines) is 2. The van der Waals surface area contributed by atoms with E-state index in [0.717, 1.165) is 38.1 Å². The normalized spacial score (nSPS) is 19.2. The van der Waals surface area contributed by atoms with E-state index in [9.17, 15) is 19.1 Å². The minimum absolute atomic E-state index is 0.0360. The van der Waals surface area contributed by atoms with Crippen molar-refractivity contribution in [3.05, 3.63) is 29.6 Å². The predicted octanol–water partition coefficient (Wildman–Crippen LogP) is 2.01. The van der Waals surface area contributed by atoms with Crippen LogP contribution in [0.5, 0.6) is 5.75 Å². The second-order valence-electron chi connectivity index (χ2n) is 6.26. The topological polar surface area (TPSA) is 60.9 Å². The third-order valence-corrected chi connectivity index (χ3v) is 4.73. The number of aromatic hydroxyl groups is 1. The number of hydrogen-bond acceptors (Lipinski definition) is 3. The van der Waals surface area contributed by atoms with Crippen LogP contribution in [0.1, 0.15) is 36.0 Å². The van der Waals surface area contributed by atoms with Gasteiger partial charge in [-0.2, -0.15) is 0 Å². The molecule has 5 nitrogen and oxygen atoms in total. The lowest BCUT2D eigenvalue weighted by atomic mass is 9.95. The van der Waals surface area contributed by atoms with Crippen molar-refractivity contribution >= 4 is 11.8 Å². The Labute approximate surface area is 134 Å². The van der Waals surface area contributed by atoms with Crippen LogP contribution in [0.15, 0.2) is 18.2 Å². The van der Waals surface area contributed by atoms with E-state index < -0.39 is 11.7 Å². The van der Waals surface area contributed by atoms with Gasteiger partial charge >= 0.3 is 0 Å². The number of benzene rings is 1. The number of rotatable bonds is 2. The van der Waals surface area contributed by atoms with E-state index in [1.165, 1.54) is 6.07 Å². The van der Waals surface area contributed by atoms with Gasteiger partial charge in [0.15, 0.2) is 0 Å². The highest BCUT2D eigenvalue weighted by Gasteiger charge is 2.32. The average molecular weight is 320 g/mol. The van der Waals surface area contributed by atoms with E-state index in [-0.39, 0.29) is 23.1 Å². The molecule has 2 heterocycles. The first-order valence-corrected chi connectivity index (χ1v) is 8.13. The molecule has 1 aromatic rings. The minimum atomic E-state index is -0.636. The third-order valence-electron chi connectivity index (χ3n) is 4.73. The van der Waals surface area contributed by atoms with Gasteiger partial charge < -0.3 is 14.9 Å².